The van der Waals surface area contributed by atoms with Crippen LogP contribution in [0.5, 0.6) is 0 Å². The van der Waals surface area contributed by atoms with Crippen molar-refractivity contribution in [3.05, 3.63) is 0 Å². The molecule has 0 amide bonds. The zero-order chi connectivity index (χ0) is 18.9. The fraction of sp³-hybridized carbons (Fsp3) is 0.929. The van der Waals surface area contributed by atoms with Crippen LogP contribution >= 0.6 is 0 Å². The highest BCUT2D eigenvalue weighted by atomic mass is 16.5. The summed E-state index contributed by atoms with van der Waals surface area (Å²) in [5.41, 5.74) is 0. The number of hydrogen-bond donors (Lipinski definition) is 7. The van der Waals surface area contributed by atoms with Gasteiger partial charge in [-0.25, -0.2) is 0 Å². The Morgan fingerprint density at radius 1 is 0.696 bits per heavy atom. The second kappa shape index (κ2) is 33.0. The summed E-state index contributed by atoms with van der Waals surface area (Å²) in [5.74, 6) is -0.189. The third-order valence-electron chi connectivity index (χ3n) is 1.95. The Bertz CT molecular complexity index is 172. The van der Waals surface area contributed by atoms with Gasteiger partial charge in [0.1, 0.15) is 6.61 Å². The lowest BCUT2D eigenvalue weighted by molar-refractivity contribution is -0.149. The number of esters is 1. The first-order valence-corrected chi connectivity index (χ1v) is 7.43. The molecule has 0 aromatic heterocycles. The van der Waals surface area contributed by atoms with Crippen LogP contribution in [0.2, 0.25) is 0 Å². The van der Waals surface area contributed by atoms with E-state index in [9.17, 15) is 4.79 Å². The number of hydrogen-bond acceptors (Lipinski definition) is 9. The molecule has 23 heavy (non-hydrogen) atoms. The van der Waals surface area contributed by atoms with E-state index in [1.807, 2.05) is 13.8 Å². The topological polar surface area (TPSA) is 168 Å². The molecule has 0 saturated carbocycles. The Morgan fingerprint density at radius 3 is 1.17 bits per heavy atom. The summed E-state index contributed by atoms with van der Waals surface area (Å²) >= 11 is 0. The molecule has 0 aromatic carbocycles. The molecule has 0 radical (unpaired) electrons. The van der Waals surface area contributed by atoms with E-state index >= 15 is 0 Å². The highest BCUT2D eigenvalue weighted by Gasteiger charge is 2.14. The molecule has 0 aliphatic carbocycles. The molecule has 0 rings (SSSR count). The van der Waals surface area contributed by atoms with Crippen molar-refractivity contribution in [1.29, 1.82) is 0 Å². The first-order valence-electron chi connectivity index (χ1n) is 7.43. The molecule has 0 atom stereocenters. The summed E-state index contributed by atoms with van der Waals surface area (Å²) in [5, 5.41) is 54.1. The zero-order valence-corrected chi connectivity index (χ0v) is 14.1. The van der Waals surface area contributed by atoms with Crippen molar-refractivity contribution >= 4 is 5.97 Å². The summed E-state index contributed by atoms with van der Waals surface area (Å²) in [4.78, 5) is 11.0. The Kier molecular flexibility index (Phi) is 43.1. The molecule has 0 fully saturated rings. The first kappa shape index (κ1) is 30.1. The van der Waals surface area contributed by atoms with Crippen molar-refractivity contribution in [2.24, 2.45) is 5.92 Å². The Hall–Kier alpha value is -0.810. The van der Waals surface area contributed by atoms with E-state index in [0.717, 1.165) is 12.8 Å². The lowest BCUT2D eigenvalue weighted by Gasteiger charge is -2.10. The van der Waals surface area contributed by atoms with E-state index in [-0.39, 0.29) is 64.7 Å². The summed E-state index contributed by atoms with van der Waals surface area (Å²) < 4.78 is 4.75. The molecule has 0 saturated heterocycles. The second-order valence-corrected chi connectivity index (χ2v) is 3.75. The Labute approximate surface area is 137 Å². The maximum absolute atomic E-state index is 11.0. The largest absolute Gasteiger partial charge is 0.463 e. The van der Waals surface area contributed by atoms with Gasteiger partial charge in [0.2, 0.25) is 0 Å². The van der Waals surface area contributed by atoms with Gasteiger partial charge in [0.05, 0.1) is 52.2 Å². The lowest BCUT2D eigenvalue weighted by Crippen LogP contribution is -2.17. The smallest absolute Gasteiger partial charge is 0.308 e. The summed E-state index contributed by atoms with van der Waals surface area (Å²) in [6, 6.07) is 0. The highest BCUT2D eigenvalue weighted by molar-refractivity contribution is 5.72. The van der Waals surface area contributed by atoms with E-state index < -0.39 is 0 Å². The van der Waals surface area contributed by atoms with Gasteiger partial charge < -0.3 is 40.5 Å². The SMILES string of the molecule is CCC(CC)C(=O)OCCO.OCCO.OCCO.OCCO. The van der Waals surface area contributed by atoms with Crippen LogP contribution in [0.1, 0.15) is 26.7 Å². The minimum Gasteiger partial charge on any atom is -0.463 e. The minimum atomic E-state index is -0.191. The molecule has 0 aliphatic rings. The molecular formula is C14H34O9. The van der Waals surface area contributed by atoms with Crippen LogP contribution in [-0.4, -0.2) is 94.6 Å². The van der Waals surface area contributed by atoms with Gasteiger partial charge >= 0.3 is 5.97 Å². The van der Waals surface area contributed by atoms with Crippen molar-refractivity contribution < 1.29 is 45.3 Å². The number of aliphatic hydroxyl groups excluding tert-OH is 7. The van der Waals surface area contributed by atoms with Crippen molar-refractivity contribution in [3.63, 3.8) is 0 Å². The van der Waals surface area contributed by atoms with Gasteiger partial charge in [-0.3, -0.25) is 4.79 Å². The number of carbonyl (C=O) groups excluding carboxylic acids is 1. The van der Waals surface area contributed by atoms with Gasteiger partial charge in [0, 0.05) is 0 Å². The Balaban J connectivity index is -0.000000124. The van der Waals surface area contributed by atoms with E-state index in [1.54, 1.807) is 0 Å². The first-order chi connectivity index (χ1) is 11.0. The normalized spacial score (nSPS) is 8.78. The molecule has 9 nitrogen and oxygen atoms in total. The van der Waals surface area contributed by atoms with Crippen molar-refractivity contribution in [3.8, 4) is 0 Å². The number of rotatable bonds is 8. The van der Waals surface area contributed by atoms with Crippen LogP contribution in [0, 0.1) is 5.92 Å². The van der Waals surface area contributed by atoms with Gasteiger partial charge in [-0.2, -0.15) is 0 Å². The Morgan fingerprint density at radius 2 is 1.00 bits per heavy atom. The van der Waals surface area contributed by atoms with Crippen LogP contribution < -0.4 is 0 Å². The van der Waals surface area contributed by atoms with E-state index in [1.165, 1.54) is 0 Å². The third kappa shape index (κ3) is 38.8. The molecule has 0 aromatic rings. The van der Waals surface area contributed by atoms with Crippen molar-refractivity contribution in [1.82, 2.24) is 0 Å². The van der Waals surface area contributed by atoms with Gasteiger partial charge in [0.15, 0.2) is 0 Å². The van der Waals surface area contributed by atoms with Crippen molar-refractivity contribution in [2.75, 3.05) is 52.9 Å². The molecule has 0 spiro atoms. The number of ether oxygens (including phenoxy) is 1. The molecule has 9 heteroatoms. The zero-order valence-electron chi connectivity index (χ0n) is 14.1. The van der Waals surface area contributed by atoms with Crippen LogP contribution in [0.4, 0.5) is 0 Å². The molecule has 0 heterocycles. The van der Waals surface area contributed by atoms with Gasteiger partial charge in [-0.1, -0.05) is 13.8 Å². The monoisotopic (exact) mass is 346 g/mol. The standard InChI is InChI=1S/C8H16O3.3C2H6O2/c1-3-7(4-2)8(10)11-6-5-9;3*3-1-2-4/h7,9H,3-6H2,1-2H3;3*3-4H,1-2H2. The quantitative estimate of drug-likeness (QED) is 0.243. The van der Waals surface area contributed by atoms with E-state index in [2.05, 4.69) is 0 Å². The highest BCUT2D eigenvalue weighted by Crippen LogP contribution is 2.08. The number of carbonyl (C=O) groups is 1. The second-order valence-electron chi connectivity index (χ2n) is 3.75. The maximum Gasteiger partial charge on any atom is 0.308 e. The van der Waals surface area contributed by atoms with Crippen molar-refractivity contribution in [2.45, 2.75) is 26.7 Å². The maximum atomic E-state index is 11.0. The lowest BCUT2D eigenvalue weighted by atomic mass is 10.0. The summed E-state index contributed by atoms with van der Waals surface area (Å²) in [7, 11) is 0. The summed E-state index contributed by atoms with van der Waals surface area (Å²) in [6.07, 6.45) is 1.61. The number of aliphatic hydroxyl groups is 7. The molecule has 0 bridgehead atoms. The summed E-state index contributed by atoms with van der Waals surface area (Å²) in [6.45, 7) is 3.18. The van der Waals surface area contributed by atoms with Gasteiger partial charge in [-0.15, -0.1) is 0 Å². The van der Waals surface area contributed by atoms with Crippen LogP contribution in [0.25, 0.3) is 0 Å². The predicted octanol–water partition coefficient (Wildman–Crippen LogP) is -2.13. The van der Waals surface area contributed by atoms with Crippen LogP contribution in [0.3, 0.4) is 0 Å². The van der Waals surface area contributed by atoms with Crippen LogP contribution in [-0.2, 0) is 9.53 Å². The molecule has 0 aliphatic heterocycles. The molecule has 0 unspecified atom stereocenters. The van der Waals surface area contributed by atoms with E-state index in [4.69, 9.17) is 40.5 Å². The van der Waals surface area contributed by atoms with Gasteiger partial charge in [0.25, 0.3) is 0 Å². The fourth-order valence-corrected chi connectivity index (χ4v) is 0.886. The molecular weight excluding hydrogens is 312 g/mol. The average molecular weight is 346 g/mol. The van der Waals surface area contributed by atoms with Crippen LogP contribution in [0.15, 0.2) is 0 Å². The van der Waals surface area contributed by atoms with E-state index in [0.29, 0.717) is 0 Å². The fourth-order valence-electron chi connectivity index (χ4n) is 0.886. The third-order valence-corrected chi connectivity index (χ3v) is 1.95. The molecule has 7 N–H and O–H groups in total. The predicted molar refractivity (Wildman–Crippen MR) is 84.6 cm³/mol. The average Bonchev–Trinajstić information content (AvgIpc) is 2.61. The molecule has 144 valence electrons. The van der Waals surface area contributed by atoms with Gasteiger partial charge in [-0.05, 0) is 12.8 Å². The minimum absolute atomic E-state index is 0.00144.